The molecule has 1 rings (SSSR count). The van der Waals surface area contributed by atoms with E-state index >= 15 is 0 Å². The van der Waals surface area contributed by atoms with Crippen molar-refractivity contribution in [3.63, 3.8) is 0 Å². The molecule has 0 aliphatic rings. The Morgan fingerprint density at radius 1 is 1.12 bits per heavy atom. The number of rotatable bonds is 7. The quantitative estimate of drug-likeness (QED) is 0.551. The third kappa shape index (κ3) is 4.48. The molecule has 1 aromatic carbocycles. The summed E-state index contributed by atoms with van der Waals surface area (Å²) in [5, 5.41) is 0. The van der Waals surface area contributed by atoms with Crippen LogP contribution in [-0.4, -0.2) is 12.4 Å². The van der Waals surface area contributed by atoms with Gasteiger partial charge in [-0.05, 0) is 42.6 Å². The van der Waals surface area contributed by atoms with Crippen molar-refractivity contribution in [1.82, 2.24) is 0 Å². The molecule has 90 valence electrons. The number of hydrogen-bond acceptors (Lipinski definition) is 2. The molecule has 1 nitrogen and oxygen atoms in total. The van der Waals surface area contributed by atoms with Gasteiger partial charge in [0.15, 0.2) is 0 Å². The molecule has 0 spiro atoms. The van der Waals surface area contributed by atoms with Gasteiger partial charge in [0, 0.05) is 0 Å². The van der Waals surface area contributed by atoms with E-state index in [-0.39, 0.29) is 0 Å². The first-order valence-electron chi connectivity index (χ1n) is 6.08. The van der Waals surface area contributed by atoms with Gasteiger partial charge in [0.25, 0.3) is 0 Å². The predicted octanol–water partition coefficient (Wildman–Crippen LogP) is 4.29. The number of benzene rings is 1. The van der Waals surface area contributed by atoms with Crippen LogP contribution in [0.15, 0.2) is 24.3 Å². The van der Waals surface area contributed by atoms with Crippen LogP contribution >= 0.6 is 12.6 Å². The summed E-state index contributed by atoms with van der Waals surface area (Å²) in [6.07, 6.45) is 3.50. The molecular weight excluding hydrogens is 216 g/mol. The third-order valence-corrected chi connectivity index (χ3v) is 2.92. The molecule has 0 heterocycles. The maximum absolute atomic E-state index is 5.82. The molecule has 0 radical (unpaired) electrons. The van der Waals surface area contributed by atoms with Gasteiger partial charge in [0.2, 0.25) is 0 Å². The molecule has 0 saturated heterocycles. The van der Waals surface area contributed by atoms with Crippen LogP contribution in [0.5, 0.6) is 5.75 Å². The minimum absolute atomic E-state index is 0.522. The Morgan fingerprint density at radius 3 is 2.56 bits per heavy atom. The van der Waals surface area contributed by atoms with Gasteiger partial charge in [-0.15, -0.1) is 0 Å². The lowest BCUT2D eigenvalue weighted by atomic mass is 10.0. The van der Waals surface area contributed by atoms with E-state index in [9.17, 15) is 0 Å². The van der Waals surface area contributed by atoms with Crippen LogP contribution in [0, 0.1) is 0 Å². The van der Waals surface area contributed by atoms with E-state index in [4.69, 9.17) is 4.74 Å². The average molecular weight is 238 g/mol. The van der Waals surface area contributed by atoms with Crippen molar-refractivity contribution in [1.29, 1.82) is 0 Å². The van der Waals surface area contributed by atoms with Crippen LogP contribution in [0.2, 0.25) is 0 Å². The van der Waals surface area contributed by atoms with Gasteiger partial charge in [-0.3, -0.25) is 0 Å². The molecular formula is C14H22OS. The monoisotopic (exact) mass is 238 g/mol. The molecule has 0 aromatic heterocycles. The predicted molar refractivity (Wildman–Crippen MR) is 73.7 cm³/mol. The Bertz CT molecular complexity index is 297. The Kier molecular flexibility index (Phi) is 6.39. The summed E-state index contributed by atoms with van der Waals surface area (Å²) in [5.74, 6) is 2.54. The van der Waals surface area contributed by atoms with Gasteiger partial charge in [-0.2, -0.15) is 12.6 Å². The molecule has 0 bridgehead atoms. The molecule has 0 unspecified atom stereocenters. The zero-order valence-electron chi connectivity index (χ0n) is 10.3. The van der Waals surface area contributed by atoms with Crippen molar-refractivity contribution in [2.45, 2.75) is 39.0 Å². The summed E-state index contributed by atoms with van der Waals surface area (Å²) in [6.45, 7) is 5.21. The molecule has 0 aliphatic carbocycles. The zero-order chi connectivity index (χ0) is 11.8. The number of unbranched alkanes of at least 4 members (excludes halogenated alkanes) is 2. The summed E-state index contributed by atoms with van der Waals surface area (Å²) < 4.78 is 5.82. The Hall–Kier alpha value is -0.630. The van der Waals surface area contributed by atoms with E-state index in [2.05, 4.69) is 44.7 Å². The van der Waals surface area contributed by atoms with Crippen LogP contribution in [-0.2, 0) is 0 Å². The maximum Gasteiger partial charge on any atom is 0.122 e. The largest absolute Gasteiger partial charge is 0.493 e. The van der Waals surface area contributed by atoms with Gasteiger partial charge in [-0.25, -0.2) is 0 Å². The van der Waals surface area contributed by atoms with Gasteiger partial charge < -0.3 is 4.74 Å². The first-order chi connectivity index (χ1) is 7.75. The lowest BCUT2D eigenvalue weighted by Gasteiger charge is -2.13. The first-order valence-corrected chi connectivity index (χ1v) is 6.71. The second-order valence-electron chi connectivity index (χ2n) is 4.33. The van der Waals surface area contributed by atoms with Crippen LogP contribution < -0.4 is 4.74 Å². The van der Waals surface area contributed by atoms with Crippen LogP contribution in [0.25, 0.3) is 0 Å². The molecule has 0 fully saturated rings. The van der Waals surface area contributed by atoms with Crippen LogP contribution in [0.1, 0.15) is 44.6 Å². The van der Waals surface area contributed by atoms with Gasteiger partial charge in [-0.1, -0.05) is 32.0 Å². The first kappa shape index (κ1) is 13.4. The Morgan fingerprint density at radius 2 is 1.88 bits per heavy atom. The van der Waals surface area contributed by atoms with Crippen molar-refractivity contribution >= 4 is 12.6 Å². The van der Waals surface area contributed by atoms with Crippen molar-refractivity contribution in [2.75, 3.05) is 12.4 Å². The maximum atomic E-state index is 5.82. The Labute approximate surface area is 105 Å². The number of ether oxygens (including phenoxy) is 1. The number of para-hydroxylation sites is 1. The molecule has 0 amide bonds. The molecule has 0 aliphatic heterocycles. The smallest absolute Gasteiger partial charge is 0.122 e. The molecule has 2 heteroatoms. The van der Waals surface area contributed by atoms with Gasteiger partial charge in [0.1, 0.15) is 5.75 Å². The highest BCUT2D eigenvalue weighted by molar-refractivity contribution is 7.80. The second-order valence-corrected chi connectivity index (χ2v) is 4.77. The van der Waals surface area contributed by atoms with E-state index < -0.39 is 0 Å². The normalized spacial score (nSPS) is 10.8. The van der Waals surface area contributed by atoms with Crippen molar-refractivity contribution in [2.24, 2.45) is 0 Å². The summed E-state index contributed by atoms with van der Waals surface area (Å²) in [5.41, 5.74) is 1.30. The van der Waals surface area contributed by atoms with E-state index in [0.29, 0.717) is 5.92 Å². The lowest BCUT2D eigenvalue weighted by molar-refractivity contribution is 0.302. The number of thiol groups is 1. The minimum Gasteiger partial charge on any atom is -0.493 e. The SMILES string of the molecule is CC(C)c1ccccc1OCCCCCS. The lowest BCUT2D eigenvalue weighted by Crippen LogP contribution is -2.01. The Balaban J connectivity index is 2.41. The third-order valence-electron chi connectivity index (χ3n) is 2.60. The van der Waals surface area contributed by atoms with Crippen molar-refractivity contribution in [3.05, 3.63) is 29.8 Å². The molecule has 1 aromatic rings. The highest BCUT2D eigenvalue weighted by Gasteiger charge is 2.05. The van der Waals surface area contributed by atoms with E-state index in [1.165, 1.54) is 18.4 Å². The summed E-state index contributed by atoms with van der Waals surface area (Å²) in [6, 6.07) is 8.32. The minimum atomic E-state index is 0.522. The number of hydrogen-bond donors (Lipinski definition) is 1. The molecule has 0 saturated carbocycles. The highest BCUT2D eigenvalue weighted by Crippen LogP contribution is 2.25. The van der Waals surface area contributed by atoms with Crippen LogP contribution in [0.3, 0.4) is 0 Å². The standard InChI is InChI=1S/C14H22OS/c1-12(2)13-8-4-5-9-14(13)15-10-6-3-7-11-16/h4-5,8-9,12,16H,3,6-7,10-11H2,1-2H3. The fraction of sp³-hybridized carbons (Fsp3) is 0.571. The molecule has 16 heavy (non-hydrogen) atoms. The van der Waals surface area contributed by atoms with Crippen molar-refractivity contribution < 1.29 is 4.74 Å². The van der Waals surface area contributed by atoms with E-state index in [1.807, 2.05) is 6.07 Å². The summed E-state index contributed by atoms with van der Waals surface area (Å²) in [4.78, 5) is 0. The second kappa shape index (κ2) is 7.61. The van der Waals surface area contributed by atoms with Crippen LogP contribution in [0.4, 0.5) is 0 Å². The van der Waals surface area contributed by atoms with E-state index in [0.717, 1.165) is 24.5 Å². The summed E-state index contributed by atoms with van der Waals surface area (Å²) >= 11 is 4.20. The van der Waals surface area contributed by atoms with Gasteiger partial charge >= 0.3 is 0 Å². The molecule has 0 N–H and O–H groups in total. The van der Waals surface area contributed by atoms with Crippen molar-refractivity contribution in [3.8, 4) is 5.75 Å². The van der Waals surface area contributed by atoms with E-state index in [1.54, 1.807) is 0 Å². The fourth-order valence-electron chi connectivity index (χ4n) is 1.66. The fourth-order valence-corrected chi connectivity index (χ4v) is 1.89. The topological polar surface area (TPSA) is 9.23 Å². The zero-order valence-corrected chi connectivity index (χ0v) is 11.2. The molecule has 0 atom stereocenters. The summed E-state index contributed by atoms with van der Waals surface area (Å²) in [7, 11) is 0. The average Bonchev–Trinajstić information content (AvgIpc) is 2.29. The van der Waals surface area contributed by atoms with Gasteiger partial charge in [0.05, 0.1) is 6.61 Å². The highest BCUT2D eigenvalue weighted by atomic mass is 32.1.